The lowest BCUT2D eigenvalue weighted by molar-refractivity contribution is -0.161. The van der Waals surface area contributed by atoms with Gasteiger partial charge >= 0.3 is 5.97 Å². The van der Waals surface area contributed by atoms with E-state index in [9.17, 15) is 4.79 Å². The van der Waals surface area contributed by atoms with E-state index >= 15 is 0 Å². The smallest absolute Gasteiger partial charge is 0.323 e. The maximum absolute atomic E-state index is 12.1. The van der Waals surface area contributed by atoms with Gasteiger partial charge in [-0.15, -0.1) is 0 Å². The van der Waals surface area contributed by atoms with Crippen LogP contribution < -0.4 is 0 Å². The first-order valence-electron chi connectivity index (χ1n) is 6.82. The second-order valence-electron chi connectivity index (χ2n) is 6.10. The lowest BCUT2D eigenvalue weighted by atomic mass is 10.1. The molecule has 0 saturated heterocycles. The predicted octanol–water partition coefficient (Wildman–Crippen LogP) is 4.06. The molecule has 1 rings (SSSR count). The van der Waals surface area contributed by atoms with Crippen LogP contribution in [0.25, 0.3) is 0 Å². The van der Waals surface area contributed by atoms with Gasteiger partial charge in [-0.1, -0.05) is 23.7 Å². The predicted molar refractivity (Wildman–Crippen MR) is 82.9 cm³/mol. The Morgan fingerprint density at radius 3 is 2.15 bits per heavy atom. The normalized spacial score (nSPS) is 15.0. The van der Waals surface area contributed by atoms with Gasteiger partial charge < -0.3 is 4.74 Å². The first kappa shape index (κ1) is 17.0. The quantitative estimate of drug-likeness (QED) is 0.785. The van der Waals surface area contributed by atoms with Crippen LogP contribution in [-0.4, -0.2) is 29.6 Å². The molecule has 4 heteroatoms. The van der Waals surface area contributed by atoms with Gasteiger partial charge in [-0.2, -0.15) is 0 Å². The van der Waals surface area contributed by atoms with Gasteiger partial charge in [-0.05, 0) is 59.4 Å². The van der Waals surface area contributed by atoms with Crippen LogP contribution in [0, 0.1) is 0 Å². The van der Waals surface area contributed by atoms with Crippen LogP contribution in [0.3, 0.4) is 0 Å². The molecule has 2 atom stereocenters. The first-order valence-corrected chi connectivity index (χ1v) is 7.20. The molecule has 0 spiro atoms. The summed E-state index contributed by atoms with van der Waals surface area (Å²) in [6, 6.07) is 7.48. The molecule has 3 nitrogen and oxygen atoms in total. The zero-order valence-electron chi connectivity index (χ0n) is 13.1. The Morgan fingerprint density at radius 1 is 1.20 bits per heavy atom. The number of carbonyl (C=O) groups is 1. The number of carbonyl (C=O) groups excluding carboxylic acids is 1. The molecule has 0 bridgehead atoms. The fraction of sp³-hybridized carbons (Fsp3) is 0.562. The van der Waals surface area contributed by atoms with Crippen LogP contribution in [0.2, 0.25) is 5.02 Å². The Bertz CT molecular complexity index is 451. The van der Waals surface area contributed by atoms with Crippen molar-refractivity contribution in [2.24, 2.45) is 0 Å². The molecule has 20 heavy (non-hydrogen) atoms. The van der Waals surface area contributed by atoms with E-state index in [1.54, 1.807) is 0 Å². The maximum atomic E-state index is 12.1. The van der Waals surface area contributed by atoms with Crippen molar-refractivity contribution < 1.29 is 9.53 Å². The highest BCUT2D eigenvalue weighted by Gasteiger charge is 2.27. The fourth-order valence-electron chi connectivity index (χ4n) is 1.87. The standard InChI is InChI=1S/C16H24ClNO2/c1-11(13-7-9-14(17)10-8-13)18(6)12(2)15(19)20-16(3,4)5/h7-12H,1-6H3. The van der Waals surface area contributed by atoms with Crippen LogP contribution >= 0.6 is 11.6 Å². The fourth-order valence-corrected chi connectivity index (χ4v) is 1.99. The largest absolute Gasteiger partial charge is 0.459 e. The lowest BCUT2D eigenvalue weighted by Gasteiger charge is -2.31. The number of rotatable bonds is 4. The molecule has 0 N–H and O–H groups in total. The summed E-state index contributed by atoms with van der Waals surface area (Å²) in [5, 5.41) is 0.712. The maximum Gasteiger partial charge on any atom is 0.323 e. The summed E-state index contributed by atoms with van der Waals surface area (Å²) in [7, 11) is 1.92. The molecule has 112 valence electrons. The number of esters is 1. The van der Waals surface area contributed by atoms with Crippen molar-refractivity contribution in [2.75, 3.05) is 7.05 Å². The molecule has 0 aliphatic carbocycles. The number of halogens is 1. The Hall–Kier alpha value is -1.06. The molecule has 0 aromatic heterocycles. The molecular weight excluding hydrogens is 274 g/mol. The molecule has 0 fully saturated rings. The summed E-state index contributed by atoms with van der Waals surface area (Å²) in [6.07, 6.45) is 0. The van der Waals surface area contributed by atoms with Crippen LogP contribution in [0.5, 0.6) is 0 Å². The molecule has 1 aromatic carbocycles. The highest BCUT2D eigenvalue weighted by atomic mass is 35.5. The highest BCUT2D eigenvalue weighted by Crippen LogP contribution is 2.23. The minimum Gasteiger partial charge on any atom is -0.459 e. The van der Waals surface area contributed by atoms with Crippen molar-refractivity contribution in [1.82, 2.24) is 4.90 Å². The number of ether oxygens (including phenoxy) is 1. The van der Waals surface area contributed by atoms with E-state index in [2.05, 4.69) is 6.92 Å². The molecule has 2 unspecified atom stereocenters. The number of benzene rings is 1. The van der Waals surface area contributed by atoms with Crippen molar-refractivity contribution in [1.29, 1.82) is 0 Å². The third kappa shape index (κ3) is 4.80. The molecule has 1 aromatic rings. The van der Waals surface area contributed by atoms with E-state index in [0.29, 0.717) is 5.02 Å². The van der Waals surface area contributed by atoms with Crippen LogP contribution in [-0.2, 0) is 9.53 Å². The summed E-state index contributed by atoms with van der Waals surface area (Å²) >= 11 is 5.89. The molecule has 0 saturated carbocycles. The molecule has 0 aliphatic heterocycles. The number of likely N-dealkylation sites (N-methyl/N-ethyl adjacent to an activating group) is 1. The van der Waals surface area contributed by atoms with Gasteiger partial charge in [0.15, 0.2) is 0 Å². The van der Waals surface area contributed by atoms with Gasteiger partial charge in [-0.25, -0.2) is 0 Å². The van der Waals surface area contributed by atoms with Gasteiger partial charge in [-0.3, -0.25) is 9.69 Å². The van der Waals surface area contributed by atoms with Gasteiger partial charge in [0, 0.05) is 11.1 Å². The van der Waals surface area contributed by atoms with Crippen molar-refractivity contribution in [3.8, 4) is 0 Å². The Morgan fingerprint density at radius 2 is 1.70 bits per heavy atom. The molecule has 0 radical (unpaired) electrons. The van der Waals surface area contributed by atoms with Crippen molar-refractivity contribution in [3.05, 3.63) is 34.9 Å². The van der Waals surface area contributed by atoms with Crippen molar-refractivity contribution in [2.45, 2.75) is 52.3 Å². The summed E-state index contributed by atoms with van der Waals surface area (Å²) in [5.74, 6) is -0.208. The molecule has 0 heterocycles. The summed E-state index contributed by atoms with van der Waals surface area (Å²) in [4.78, 5) is 14.1. The second-order valence-corrected chi connectivity index (χ2v) is 6.54. The average molecular weight is 298 g/mol. The van der Waals surface area contributed by atoms with Crippen LogP contribution in [0.1, 0.15) is 46.2 Å². The number of nitrogens with zero attached hydrogens (tertiary/aromatic N) is 1. The summed E-state index contributed by atoms with van der Waals surface area (Å²) < 4.78 is 5.42. The Kier molecular flexibility index (Phi) is 5.60. The minimum absolute atomic E-state index is 0.106. The third-order valence-electron chi connectivity index (χ3n) is 3.32. The number of hydrogen-bond acceptors (Lipinski definition) is 3. The number of hydrogen-bond donors (Lipinski definition) is 0. The van der Waals surface area contributed by atoms with Gasteiger partial charge in [0.1, 0.15) is 11.6 Å². The van der Waals surface area contributed by atoms with Crippen LogP contribution in [0.4, 0.5) is 0 Å². The Balaban J connectivity index is 2.75. The molecular formula is C16H24ClNO2. The SMILES string of the molecule is CC(C(=O)OC(C)(C)C)N(C)C(C)c1ccc(Cl)cc1. The van der Waals surface area contributed by atoms with Crippen molar-refractivity contribution in [3.63, 3.8) is 0 Å². The first-order chi connectivity index (χ1) is 9.11. The highest BCUT2D eigenvalue weighted by molar-refractivity contribution is 6.30. The van der Waals surface area contributed by atoms with Gasteiger partial charge in [0.25, 0.3) is 0 Å². The monoisotopic (exact) mass is 297 g/mol. The topological polar surface area (TPSA) is 29.5 Å². The minimum atomic E-state index is -0.463. The summed E-state index contributed by atoms with van der Waals surface area (Å²) in [5.41, 5.74) is 0.655. The van der Waals surface area contributed by atoms with E-state index in [-0.39, 0.29) is 18.1 Å². The zero-order chi connectivity index (χ0) is 15.5. The van der Waals surface area contributed by atoms with Gasteiger partial charge in [0.2, 0.25) is 0 Å². The lowest BCUT2D eigenvalue weighted by Crippen LogP contribution is -2.41. The second kappa shape index (κ2) is 6.59. The van der Waals surface area contributed by atoms with Crippen molar-refractivity contribution >= 4 is 17.6 Å². The third-order valence-corrected chi connectivity index (χ3v) is 3.57. The molecule has 0 aliphatic rings. The molecule has 0 amide bonds. The van der Waals surface area contributed by atoms with E-state index in [0.717, 1.165) is 5.56 Å². The van der Waals surface area contributed by atoms with Crippen LogP contribution in [0.15, 0.2) is 24.3 Å². The van der Waals surface area contributed by atoms with E-state index < -0.39 is 5.60 Å². The zero-order valence-corrected chi connectivity index (χ0v) is 13.9. The van der Waals surface area contributed by atoms with E-state index in [1.165, 1.54) is 0 Å². The van der Waals surface area contributed by atoms with E-state index in [1.807, 2.05) is 63.9 Å². The summed E-state index contributed by atoms with van der Waals surface area (Å²) in [6.45, 7) is 9.55. The average Bonchev–Trinajstić information content (AvgIpc) is 2.35. The Labute approximate surface area is 126 Å². The van der Waals surface area contributed by atoms with E-state index in [4.69, 9.17) is 16.3 Å². The van der Waals surface area contributed by atoms with Gasteiger partial charge in [0.05, 0.1) is 0 Å².